The molecule has 0 radical (unpaired) electrons. The predicted octanol–water partition coefficient (Wildman–Crippen LogP) is 3.12. The molecule has 1 fully saturated rings. The fourth-order valence-corrected chi connectivity index (χ4v) is 2.65. The van der Waals surface area contributed by atoms with E-state index in [2.05, 4.69) is 4.98 Å². The standard InChI is InChI=1S/C16H25NO4/c1-6-20-11-7-10(8-11)9-12-17-14(16(2,3)4)13(21-12)15(18)19-5/h10-11H,6-9H2,1-5H3. The number of esters is 1. The molecule has 0 unspecified atom stereocenters. The second-order valence-corrected chi connectivity index (χ2v) is 6.65. The van der Waals surface area contributed by atoms with E-state index in [1.807, 2.05) is 27.7 Å². The molecule has 1 saturated carbocycles. The monoisotopic (exact) mass is 295 g/mol. The molecule has 1 aliphatic rings. The van der Waals surface area contributed by atoms with Crippen LogP contribution in [0.1, 0.15) is 62.7 Å². The van der Waals surface area contributed by atoms with E-state index in [-0.39, 0.29) is 11.2 Å². The lowest BCUT2D eigenvalue weighted by atomic mass is 9.80. The van der Waals surface area contributed by atoms with Crippen molar-refractivity contribution >= 4 is 5.97 Å². The Morgan fingerprint density at radius 2 is 2.05 bits per heavy atom. The maximum atomic E-state index is 11.8. The number of ether oxygens (including phenoxy) is 2. The van der Waals surface area contributed by atoms with Gasteiger partial charge in [0.05, 0.1) is 18.9 Å². The van der Waals surface area contributed by atoms with Crippen molar-refractivity contribution in [3.8, 4) is 0 Å². The molecule has 2 rings (SSSR count). The molecular formula is C16H25NO4. The summed E-state index contributed by atoms with van der Waals surface area (Å²) >= 11 is 0. The maximum absolute atomic E-state index is 11.8. The number of oxazole rings is 1. The summed E-state index contributed by atoms with van der Waals surface area (Å²) in [7, 11) is 1.36. The van der Waals surface area contributed by atoms with Crippen molar-refractivity contribution in [2.75, 3.05) is 13.7 Å². The molecular weight excluding hydrogens is 270 g/mol. The first-order valence-corrected chi connectivity index (χ1v) is 7.55. The number of methoxy groups -OCH3 is 1. The summed E-state index contributed by atoms with van der Waals surface area (Å²) in [6, 6.07) is 0. The van der Waals surface area contributed by atoms with Crippen LogP contribution in [0.4, 0.5) is 0 Å². The van der Waals surface area contributed by atoms with Crippen molar-refractivity contribution in [2.45, 2.75) is 58.5 Å². The average Bonchev–Trinajstić information content (AvgIpc) is 2.79. The molecule has 0 aromatic carbocycles. The van der Waals surface area contributed by atoms with Gasteiger partial charge in [-0.2, -0.15) is 0 Å². The third-order valence-electron chi connectivity index (χ3n) is 3.81. The molecule has 5 heteroatoms. The van der Waals surface area contributed by atoms with Gasteiger partial charge < -0.3 is 13.9 Å². The summed E-state index contributed by atoms with van der Waals surface area (Å²) in [5.74, 6) is 0.930. The molecule has 5 nitrogen and oxygen atoms in total. The molecule has 0 aliphatic heterocycles. The number of carbonyl (C=O) groups excluding carboxylic acids is 1. The van der Waals surface area contributed by atoms with E-state index >= 15 is 0 Å². The van der Waals surface area contributed by atoms with Gasteiger partial charge >= 0.3 is 5.97 Å². The summed E-state index contributed by atoms with van der Waals surface area (Å²) in [4.78, 5) is 16.4. The van der Waals surface area contributed by atoms with Crippen LogP contribution in [0, 0.1) is 5.92 Å². The molecule has 0 bridgehead atoms. The normalized spacial score (nSPS) is 22.0. The van der Waals surface area contributed by atoms with Gasteiger partial charge in [0.15, 0.2) is 5.89 Å². The molecule has 21 heavy (non-hydrogen) atoms. The zero-order valence-corrected chi connectivity index (χ0v) is 13.6. The topological polar surface area (TPSA) is 61.6 Å². The highest BCUT2D eigenvalue weighted by Crippen LogP contribution is 2.34. The van der Waals surface area contributed by atoms with Crippen LogP contribution in [0.3, 0.4) is 0 Å². The van der Waals surface area contributed by atoms with Gasteiger partial charge in [-0.05, 0) is 25.7 Å². The Labute approximate surface area is 126 Å². The zero-order chi connectivity index (χ0) is 15.6. The van der Waals surface area contributed by atoms with Crippen LogP contribution in [-0.4, -0.2) is 30.8 Å². The maximum Gasteiger partial charge on any atom is 0.376 e. The number of carbonyl (C=O) groups is 1. The van der Waals surface area contributed by atoms with Crippen molar-refractivity contribution in [3.05, 3.63) is 17.3 Å². The number of rotatable bonds is 5. The first kappa shape index (κ1) is 16.0. The van der Waals surface area contributed by atoms with Crippen molar-refractivity contribution in [3.63, 3.8) is 0 Å². The fourth-order valence-electron chi connectivity index (χ4n) is 2.65. The number of hydrogen-bond donors (Lipinski definition) is 0. The van der Waals surface area contributed by atoms with E-state index < -0.39 is 5.97 Å². The predicted molar refractivity (Wildman–Crippen MR) is 78.4 cm³/mol. The number of nitrogens with zero attached hydrogens (tertiary/aromatic N) is 1. The van der Waals surface area contributed by atoms with E-state index in [1.54, 1.807) is 0 Å². The second-order valence-electron chi connectivity index (χ2n) is 6.65. The van der Waals surface area contributed by atoms with Crippen LogP contribution in [0.2, 0.25) is 0 Å². The second kappa shape index (κ2) is 6.18. The molecule has 0 saturated heterocycles. The molecule has 0 amide bonds. The van der Waals surface area contributed by atoms with Crippen LogP contribution in [0.5, 0.6) is 0 Å². The minimum atomic E-state index is -0.459. The fraction of sp³-hybridized carbons (Fsp3) is 0.750. The van der Waals surface area contributed by atoms with Crippen LogP contribution in [0.15, 0.2) is 4.42 Å². The lowest BCUT2D eigenvalue weighted by Crippen LogP contribution is -2.32. The minimum Gasteiger partial charge on any atom is -0.463 e. The third kappa shape index (κ3) is 3.64. The third-order valence-corrected chi connectivity index (χ3v) is 3.81. The lowest BCUT2D eigenvalue weighted by Gasteiger charge is -2.34. The molecule has 0 spiro atoms. The number of aromatic nitrogens is 1. The summed E-state index contributed by atoms with van der Waals surface area (Å²) in [5, 5.41) is 0. The van der Waals surface area contributed by atoms with Gasteiger partial charge in [-0.1, -0.05) is 20.8 Å². The summed E-state index contributed by atoms with van der Waals surface area (Å²) < 4.78 is 16.0. The Morgan fingerprint density at radius 1 is 1.38 bits per heavy atom. The quantitative estimate of drug-likeness (QED) is 0.781. The Kier molecular flexibility index (Phi) is 4.71. The van der Waals surface area contributed by atoms with Gasteiger partial charge in [-0.15, -0.1) is 0 Å². The van der Waals surface area contributed by atoms with Gasteiger partial charge in [-0.25, -0.2) is 9.78 Å². The van der Waals surface area contributed by atoms with Gasteiger partial charge in [-0.3, -0.25) is 0 Å². The van der Waals surface area contributed by atoms with Gasteiger partial charge in [0.25, 0.3) is 0 Å². The SMILES string of the molecule is CCOC1CC(Cc2nc(C(C)(C)C)c(C(=O)OC)o2)C1. The summed E-state index contributed by atoms with van der Waals surface area (Å²) in [6.45, 7) is 8.80. The van der Waals surface area contributed by atoms with E-state index in [4.69, 9.17) is 13.9 Å². The van der Waals surface area contributed by atoms with Gasteiger partial charge in [0.1, 0.15) is 0 Å². The van der Waals surface area contributed by atoms with Crippen molar-refractivity contribution < 1.29 is 18.7 Å². The highest BCUT2D eigenvalue weighted by molar-refractivity contribution is 5.87. The first-order valence-electron chi connectivity index (χ1n) is 7.55. The molecule has 1 aromatic rings. The van der Waals surface area contributed by atoms with E-state index in [0.717, 1.165) is 25.9 Å². The zero-order valence-electron chi connectivity index (χ0n) is 13.6. The largest absolute Gasteiger partial charge is 0.463 e. The lowest BCUT2D eigenvalue weighted by molar-refractivity contribution is -0.0256. The van der Waals surface area contributed by atoms with Crippen LogP contribution < -0.4 is 0 Å². The van der Waals surface area contributed by atoms with E-state index in [0.29, 0.717) is 23.6 Å². The molecule has 1 aliphatic carbocycles. The van der Waals surface area contributed by atoms with E-state index in [9.17, 15) is 4.79 Å². The van der Waals surface area contributed by atoms with Crippen LogP contribution in [0.25, 0.3) is 0 Å². The molecule has 0 N–H and O–H groups in total. The van der Waals surface area contributed by atoms with Gasteiger partial charge in [0, 0.05) is 18.4 Å². The van der Waals surface area contributed by atoms with Crippen molar-refractivity contribution in [2.24, 2.45) is 5.92 Å². The molecule has 0 atom stereocenters. The Hall–Kier alpha value is -1.36. The smallest absolute Gasteiger partial charge is 0.376 e. The van der Waals surface area contributed by atoms with Gasteiger partial charge in [0.2, 0.25) is 5.76 Å². The highest BCUT2D eigenvalue weighted by atomic mass is 16.5. The Morgan fingerprint density at radius 3 is 2.57 bits per heavy atom. The van der Waals surface area contributed by atoms with E-state index in [1.165, 1.54) is 7.11 Å². The average molecular weight is 295 g/mol. The minimum absolute atomic E-state index is 0.237. The van der Waals surface area contributed by atoms with Crippen molar-refractivity contribution in [1.29, 1.82) is 0 Å². The Bertz CT molecular complexity index is 495. The van der Waals surface area contributed by atoms with Crippen molar-refractivity contribution in [1.82, 2.24) is 4.98 Å². The van der Waals surface area contributed by atoms with Crippen LogP contribution >= 0.6 is 0 Å². The summed E-state index contributed by atoms with van der Waals surface area (Å²) in [6.07, 6.45) is 3.20. The molecule has 1 heterocycles. The Balaban J connectivity index is 2.08. The summed E-state index contributed by atoms with van der Waals surface area (Å²) in [5.41, 5.74) is 0.420. The van der Waals surface area contributed by atoms with Crippen LogP contribution in [-0.2, 0) is 21.3 Å². The molecule has 118 valence electrons. The number of hydrogen-bond acceptors (Lipinski definition) is 5. The first-order chi connectivity index (χ1) is 9.85. The highest BCUT2D eigenvalue weighted by Gasteiger charge is 2.34. The molecule has 1 aromatic heterocycles.